The normalized spacial score (nSPS) is 17.1. The van der Waals surface area contributed by atoms with Crippen molar-refractivity contribution in [2.45, 2.75) is 47.2 Å². The molecule has 128 valence electrons. The molecule has 2 aromatic rings. The predicted molar refractivity (Wildman–Crippen MR) is 98.4 cm³/mol. The van der Waals surface area contributed by atoms with Crippen LogP contribution in [0.2, 0.25) is 0 Å². The first-order chi connectivity index (χ1) is 11.4. The number of hydrogen-bond donors (Lipinski definition) is 1. The van der Waals surface area contributed by atoms with Crippen LogP contribution in [0.5, 0.6) is 0 Å². The van der Waals surface area contributed by atoms with Crippen LogP contribution in [0.3, 0.4) is 0 Å². The third kappa shape index (κ3) is 2.93. The highest BCUT2D eigenvalue weighted by molar-refractivity contribution is 5.90. The fraction of sp³-hybridized carbons (Fsp3) is 0.450. The molecule has 1 aromatic heterocycles. The summed E-state index contributed by atoms with van der Waals surface area (Å²) in [6.07, 6.45) is 0. The second kappa shape index (κ2) is 6.34. The lowest BCUT2D eigenvalue weighted by atomic mass is 9.97. The number of aromatic nitrogens is 1. The third-order valence-electron chi connectivity index (χ3n) is 4.96. The fourth-order valence-corrected chi connectivity index (χ4v) is 3.65. The molecule has 0 radical (unpaired) electrons. The Bertz CT molecular complexity index is 760. The molecule has 0 bridgehead atoms. The van der Waals surface area contributed by atoms with Gasteiger partial charge in [0.05, 0.1) is 6.04 Å². The maximum absolute atomic E-state index is 13.0. The lowest BCUT2D eigenvalue weighted by Gasteiger charge is -2.39. The van der Waals surface area contributed by atoms with E-state index in [0.717, 1.165) is 29.9 Å². The third-order valence-corrected chi connectivity index (χ3v) is 4.96. The monoisotopic (exact) mass is 325 g/mol. The minimum Gasteiger partial charge on any atom is -0.345 e. The van der Waals surface area contributed by atoms with Gasteiger partial charge >= 0.3 is 6.03 Å². The van der Waals surface area contributed by atoms with Gasteiger partial charge in [-0.05, 0) is 56.0 Å². The Balaban J connectivity index is 1.88. The van der Waals surface area contributed by atoms with Crippen molar-refractivity contribution >= 4 is 11.7 Å². The van der Waals surface area contributed by atoms with Crippen LogP contribution in [-0.2, 0) is 6.54 Å². The van der Waals surface area contributed by atoms with Gasteiger partial charge in [0, 0.05) is 30.2 Å². The first-order valence-electron chi connectivity index (χ1n) is 8.69. The van der Waals surface area contributed by atoms with Gasteiger partial charge in [-0.2, -0.15) is 0 Å². The lowest BCUT2D eigenvalue weighted by molar-refractivity contribution is 0.143. The largest absolute Gasteiger partial charge is 0.345 e. The number of benzene rings is 1. The Labute approximate surface area is 144 Å². The van der Waals surface area contributed by atoms with E-state index in [-0.39, 0.29) is 12.1 Å². The molecule has 4 nitrogen and oxygen atoms in total. The van der Waals surface area contributed by atoms with Crippen LogP contribution < -0.4 is 5.32 Å². The minimum absolute atomic E-state index is 0.00694. The summed E-state index contributed by atoms with van der Waals surface area (Å²) in [5.41, 5.74) is 5.65. The van der Waals surface area contributed by atoms with Gasteiger partial charge in [-0.1, -0.05) is 26.0 Å². The second-order valence-electron chi connectivity index (χ2n) is 7.18. The number of rotatable bonds is 2. The summed E-state index contributed by atoms with van der Waals surface area (Å²) >= 11 is 0. The number of carbonyl (C=O) groups is 1. The molecule has 2 heterocycles. The SMILES string of the molecule is Cc1ccc(C)c(NC(=O)N2CCn3c(C)ccc3[C@@H]2C(C)C)c1. The highest BCUT2D eigenvalue weighted by atomic mass is 16.2. The van der Waals surface area contributed by atoms with E-state index in [1.807, 2.05) is 24.8 Å². The van der Waals surface area contributed by atoms with Crippen molar-refractivity contribution < 1.29 is 4.79 Å². The molecule has 24 heavy (non-hydrogen) atoms. The molecule has 0 fully saturated rings. The molecule has 1 atom stereocenters. The molecule has 4 heteroatoms. The number of carbonyl (C=O) groups excluding carboxylic acids is 1. The first kappa shape index (κ1) is 16.6. The fourth-order valence-electron chi connectivity index (χ4n) is 3.65. The Morgan fingerprint density at radius 1 is 1.12 bits per heavy atom. The molecule has 0 saturated heterocycles. The second-order valence-corrected chi connectivity index (χ2v) is 7.18. The molecular weight excluding hydrogens is 298 g/mol. The summed E-state index contributed by atoms with van der Waals surface area (Å²) in [6.45, 7) is 12.2. The van der Waals surface area contributed by atoms with E-state index in [1.165, 1.54) is 11.4 Å². The van der Waals surface area contributed by atoms with Crippen molar-refractivity contribution in [1.82, 2.24) is 9.47 Å². The highest BCUT2D eigenvalue weighted by Gasteiger charge is 2.33. The number of fused-ring (bicyclic) bond motifs is 1. The van der Waals surface area contributed by atoms with Crippen LogP contribution in [0.25, 0.3) is 0 Å². The molecule has 1 aliphatic heterocycles. The van der Waals surface area contributed by atoms with Gasteiger partial charge in [0.15, 0.2) is 0 Å². The smallest absolute Gasteiger partial charge is 0.322 e. The molecule has 0 unspecified atom stereocenters. The van der Waals surface area contributed by atoms with E-state index in [4.69, 9.17) is 0 Å². The topological polar surface area (TPSA) is 37.3 Å². The van der Waals surface area contributed by atoms with Crippen molar-refractivity contribution in [1.29, 1.82) is 0 Å². The number of nitrogens with one attached hydrogen (secondary N) is 1. The summed E-state index contributed by atoms with van der Waals surface area (Å²) in [6, 6.07) is 10.6. The number of urea groups is 1. The van der Waals surface area contributed by atoms with Crippen molar-refractivity contribution in [3.8, 4) is 0 Å². The molecule has 1 aliphatic rings. The minimum atomic E-state index is -0.00694. The molecule has 3 rings (SSSR count). The Hall–Kier alpha value is -2.23. The summed E-state index contributed by atoms with van der Waals surface area (Å²) < 4.78 is 2.34. The Kier molecular flexibility index (Phi) is 4.39. The standard InChI is InChI=1S/C20H27N3O/c1-13(2)19-18-9-8-16(5)22(18)10-11-23(19)20(24)21-17-12-14(3)6-7-15(17)4/h6-9,12-13,19H,10-11H2,1-5H3,(H,21,24)/t19-/m0/s1. The molecular formula is C20H27N3O. The molecule has 0 spiro atoms. The first-order valence-corrected chi connectivity index (χ1v) is 8.69. The van der Waals surface area contributed by atoms with E-state index in [1.54, 1.807) is 0 Å². The number of aryl methyl sites for hydroxylation is 3. The number of anilines is 1. The maximum Gasteiger partial charge on any atom is 0.322 e. The summed E-state index contributed by atoms with van der Waals surface area (Å²) in [4.78, 5) is 15.0. The summed E-state index contributed by atoms with van der Waals surface area (Å²) in [5.74, 6) is 0.364. The van der Waals surface area contributed by atoms with Crippen LogP contribution >= 0.6 is 0 Å². The van der Waals surface area contributed by atoms with Gasteiger partial charge in [-0.3, -0.25) is 0 Å². The maximum atomic E-state index is 13.0. The Morgan fingerprint density at radius 2 is 1.88 bits per heavy atom. The van der Waals surface area contributed by atoms with Gasteiger partial charge < -0.3 is 14.8 Å². The zero-order chi connectivity index (χ0) is 17.4. The van der Waals surface area contributed by atoms with Crippen LogP contribution in [-0.4, -0.2) is 22.0 Å². The average Bonchev–Trinajstić information content (AvgIpc) is 2.91. The zero-order valence-corrected chi connectivity index (χ0v) is 15.3. The molecule has 2 amide bonds. The summed E-state index contributed by atoms with van der Waals surface area (Å²) in [5, 5.41) is 3.12. The van der Waals surface area contributed by atoms with E-state index >= 15 is 0 Å². The van der Waals surface area contributed by atoms with Crippen molar-refractivity contribution in [2.75, 3.05) is 11.9 Å². The van der Waals surface area contributed by atoms with Gasteiger partial charge in [0.1, 0.15) is 0 Å². The highest BCUT2D eigenvalue weighted by Crippen LogP contribution is 2.34. The number of hydrogen-bond acceptors (Lipinski definition) is 1. The van der Waals surface area contributed by atoms with E-state index < -0.39 is 0 Å². The van der Waals surface area contributed by atoms with Gasteiger partial charge in [0.2, 0.25) is 0 Å². The lowest BCUT2D eigenvalue weighted by Crippen LogP contribution is -2.46. The Morgan fingerprint density at radius 3 is 2.58 bits per heavy atom. The van der Waals surface area contributed by atoms with Crippen LogP contribution in [0.15, 0.2) is 30.3 Å². The van der Waals surface area contributed by atoms with E-state index in [9.17, 15) is 4.79 Å². The molecule has 1 aromatic carbocycles. The number of amides is 2. The predicted octanol–water partition coefficient (Wildman–Crippen LogP) is 4.66. The molecule has 0 saturated carbocycles. The average molecular weight is 325 g/mol. The van der Waals surface area contributed by atoms with Gasteiger partial charge in [-0.25, -0.2) is 4.79 Å². The quantitative estimate of drug-likeness (QED) is 0.857. The molecule has 0 aliphatic carbocycles. The van der Waals surface area contributed by atoms with Crippen LogP contribution in [0.4, 0.5) is 10.5 Å². The van der Waals surface area contributed by atoms with Crippen molar-refractivity contribution in [2.24, 2.45) is 5.92 Å². The zero-order valence-electron chi connectivity index (χ0n) is 15.3. The van der Waals surface area contributed by atoms with Crippen molar-refractivity contribution in [3.63, 3.8) is 0 Å². The van der Waals surface area contributed by atoms with E-state index in [2.05, 4.69) is 54.9 Å². The van der Waals surface area contributed by atoms with E-state index in [0.29, 0.717) is 5.92 Å². The molecule has 1 N–H and O–H groups in total. The summed E-state index contributed by atoms with van der Waals surface area (Å²) in [7, 11) is 0. The van der Waals surface area contributed by atoms with Gasteiger partial charge in [0.25, 0.3) is 0 Å². The van der Waals surface area contributed by atoms with Crippen LogP contribution in [0.1, 0.15) is 42.4 Å². The van der Waals surface area contributed by atoms with Gasteiger partial charge in [-0.15, -0.1) is 0 Å². The number of nitrogens with zero attached hydrogens (tertiary/aromatic N) is 2. The van der Waals surface area contributed by atoms with Crippen molar-refractivity contribution in [3.05, 3.63) is 52.8 Å². The van der Waals surface area contributed by atoms with Crippen LogP contribution in [0, 0.1) is 26.7 Å².